The lowest BCUT2D eigenvalue weighted by molar-refractivity contribution is 0.857. The van der Waals surface area contributed by atoms with E-state index in [0.717, 1.165) is 16.8 Å². The zero-order valence-corrected chi connectivity index (χ0v) is 11.5. The van der Waals surface area contributed by atoms with Crippen LogP contribution < -0.4 is 5.73 Å². The summed E-state index contributed by atoms with van der Waals surface area (Å²) in [4.78, 5) is 0. The summed E-state index contributed by atoms with van der Waals surface area (Å²) >= 11 is 0. The molecule has 3 rings (SSSR count). The number of aromatic nitrogens is 2. The lowest BCUT2D eigenvalue weighted by atomic mass is 10.1. The molecule has 0 fully saturated rings. The van der Waals surface area contributed by atoms with E-state index >= 15 is 0 Å². The molecule has 0 spiro atoms. The summed E-state index contributed by atoms with van der Waals surface area (Å²) < 4.78 is 1.90. The monoisotopic (exact) mass is 263 g/mol. The van der Waals surface area contributed by atoms with Crippen LogP contribution in [0, 0.1) is 6.92 Å². The Morgan fingerprint density at radius 1 is 1.05 bits per heavy atom. The minimum atomic E-state index is 0.510. The summed E-state index contributed by atoms with van der Waals surface area (Å²) in [6.45, 7) is 2.58. The van der Waals surface area contributed by atoms with Gasteiger partial charge in [0, 0.05) is 18.3 Å². The van der Waals surface area contributed by atoms with E-state index in [1.54, 1.807) is 0 Å². The molecule has 0 saturated carbocycles. The van der Waals surface area contributed by atoms with E-state index < -0.39 is 0 Å². The number of hydrogen-bond donors (Lipinski definition) is 1. The number of aryl methyl sites for hydroxylation is 1. The molecule has 0 aliphatic heterocycles. The van der Waals surface area contributed by atoms with Crippen LogP contribution in [0.2, 0.25) is 0 Å². The predicted octanol–water partition coefficient (Wildman–Crippen LogP) is 3.31. The third-order valence-electron chi connectivity index (χ3n) is 3.40. The van der Waals surface area contributed by atoms with E-state index in [4.69, 9.17) is 5.73 Å². The van der Waals surface area contributed by atoms with E-state index in [1.165, 1.54) is 11.1 Å². The van der Waals surface area contributed by atoms with Crippen LogP contribution in [-0.2, 0) is 6.54 Å². The van der Waals surface area contributed by atoms with Crippen LogP contribution in [0.15, 0.2) is 60.9 Å². The van der Waals surface area contributed by atoms with Gasteiger partial charge in [-0.3, -0.25) is 0 Å². The van der Waals surface area contributed by atoms with Crippen molar-refractivity contribution in [3.63, 3.8) is 0 Å². The third kappa shape index (κ3) is 2.36. The molecule has 0 saturated heterocycles. The second kappa shape index (κ2) is 5.31. The van der Waals surface area contributed by atoms with Gasteiger partial charge in [-0.1, -0.05) is 42.5 Å². The summed E-state index contributed by atoms with van der Waals surface area (Å²) in [7, 11) is 0. The number of benzene rings is 2. The highest BCUT2D eigenvalue weighted by atomic mass is 15.3. The second-order valence-corrected chi connectivity index (χ2v) is 4.88. The van der Waals surface area contributed by atoms with Gasteiger partial charge in [-0.25, -0.2) is 4.68 Å². The highest BCUT2D eigenvalue weighted by molar-refractivity contribution is 5.62. The third-order valence-corrected chi connectivity index (χ3v) is 3.40. The Balaban J connectivity index is 2.04. The van der Waals surface area contributed by atoms with Crippen molar-refractivity contribution in [1.82, 2.24) is 9.78 Å². The Morgan fingerprint density at radius 2 is 1.85 bits per heavy atom. The number of hydrogen-bond acceptors (Lipinski definition) is 2. The molecule has 0 bridgehead atoms. The van der Waals surface area contributed by atoms with Crippen LogP contribution in [0.1, 0.15) is 11.1 Å². The SMILES string of the molecule is Cc1ccc(CN)c(-n2cc(-c3ccccc3)cn2)c1. The molecule has 0 amide bonds. The molecule has 2 aromatic carbocycles. The van der Waals surface area contributed by atoms with Gasteiger partial charge in [-0.2, -0.15) is 5.10 Å². The lowest BCUT2D eigenvalue weighted by Gasteiger charge is -2.08. The molecule has 0 aliphatic rings. The molecular weight excluding hydrogens is 246 g/mol. The summed E-state index contributed by atoms with van der Waals surface area (Å²) in [5.74, 6) is 0. The normalized spacial score (nSPS) is 10.7. The molecular formula is C17H17N3. The first kappa shape index (κ1) is 12.6. The molecule has 3 aromatic rings. The maximum absolute atomic E-state index is 5.81. The molecule has 1 aromatic heterocycles. The topological polar surface area (TPSA) is 43.8 Å². The zero-order valence-electron chi connectivity index (χ0n) is 11.5. The van der Waals surface area contributed by atoms with Gasteiger partial charge in [-0.05, 0) is 29.7 Å². The van der Waals surface area contributed by atoms with E-state index in [2.05, 4.69) is 42.4 Å². The number of rotatable bonds is 3. The highest BCUT2D eigenvalue weighted by Gasteiger charge is 2.07. The fourth-order valence-corrected chi connectivity index (χ4v) is 2.29. The first-order chi connectivity index (χ1) is 9.78. The molecule has 0 aliphatic carbocycles. The van der Waals surface area contributed by atoms with E-state index in [-0.39, 0.29) is 0 Å². The largest absolute Gasteiger partial charge is 0.326 e. The zero-order chi connectivity index (χ0) is 13.9. The summed E-state index contributed by atoms with van der Waals surface area (Å²) in [6, 6.07) is 16.5. The van der Waals surface area contributed by atoms with Crippen LogP contribution in [0.25, 0.3) is 16.8 Å². The summed E-state index contributed by atoms with van der Waals surface area (Å²) in [5.41, 5.74) is 11.4. The minimum absolute atomic E-state index is 0.510. The van der Waals surface area contributed by atoms with Gasteiger partial charge < -0.3 is 5.73 Å². The first-order valence-electron chi connectivity index (χ1n) is 6.68. The number of nitrogens with two attached hydrogens (primary N) is 1. The van der Waals surface area contributed by atoms with Crippen molar-refractivity contribution in [2.45, 2.75) is 13.5 Å². The van der Waals surface area contributed by atoms with Crippen molar-refractivity contribution in [3.05, 3.63) is 72.1 Å². The average molecular weight is 263 g/mol. The molecule has 20 heavy (non-hydrogen) atoms. The van der Waals surface area contributed by atoms with Crippen molar-refractivity contribution < 1.29 is 0 Å². The van der Waals surface area contributed by atoms with Crippen molar-refractivity contribution in [3.8, 4) is 16.8 Å². The van der Waals surface area contributed by atoms with Crippen LogP contribution in [0.4, 0.5) is 0 Å². The van der Waals surface area contributed by atoms with Crippen molar-refractivity contribution in [1.29, 1.82) is 0 Å². The van der Waals surface area contributed by atoms with Crippen LogP contribution in [0.5, 0.6) is 0 Å². The molecule has 0 unspecified atom stereocenters. The van der Waals surface area contributed by atoms with Crippen molar-refractivity contribution in [2.24, 2.45) is 5.73 Å². The van der Waals surface area contributed by atoms with Crippen molar-refractivity contribution >= 4 is 0 Å². The van der Waals surface area contributed by atoms with Gasteiger partial charge in [-0.15, -0.1) is 0 Å². The smallest absolute Gasteiger partial charge is 0.0693 e. The average Bonchev–Trinajstić information content (AvgIpc) is 2.98. The summed E-state index contributed by atoms with van der Waals surface area (Å²) in [6.07, 6.45) is 3.93. The van der Waals surface area contributed by atoms with Gasteiger partial charge in [0.1, 0.15) is 0 Å². The fourth-order valence-electron chi connectivity index (χ4n) is 2.29. The van der Waals surface area contributed by atoms with E-state index in [9.17, 15) is 0 Å². The Morgan fingerprint density at radius 3 is 2.60 bits per heavy atom. The van der Waals surface area contributed by atoms with Gasteiger partial charge in [0.15, 0.2) is 0 Å². The standard InChI is InChI=1S/C17H17N3/c1-13-7-8-15(10-18)17(9-13)20-12-16(11-19-20)14-5-3-2-4-6-14/h2-9,11-12H,10,18H2,1H3. The second-order valence-electron chi connectivity index (χ2n) is 4.88. The lowest BCUT2D eigenvalue weighted by Crippen LogP contribution is -2.05. The molecule has 3 nitrogen and oxygen atoms in total. The Kier molecular flexibility index (Phi) is 3.35. The predicted molar refractivity (Wildman–Crippen MR) is 81.6 cm³/mol. The quantitative estimate of drug-likeness (QED) is 0.788. The highest BCUT2D eigenvalue weighted by Crippen LogP contribution is 2.21. The Labute approximate surface area is 118 Å². The Hall–Kier alpha value is -2.39. The van der Waals surface area contributed by atoms with Crippen LogP contribution >= 0.6 is 0 Å². The molecule has 1 heterocycles. The van der Waals surface area contributed by atoms with E-state index in [0.29, 0.717) is 6.54 Å². The molecule has 2 N–H and O–H groups in total. The van der Waals surface area contributed by atoms with Gasteiger partial charge in [0.2, 0.25) is 0 Å². The fraction of sp³-hybridized carbons (Fsp3) is 0.118. The molecule has 0 atom stereocenters. The Bertz CT molecular complexity index is 714. The van der Waals surface area contributed by atoms with E-state index in [1.807, 2.05) is 35.3 Å². The molecule has 0 radical (unpaired) electrons. The minimum Gasteiger partial charge on any atom is -0.326 e. The molecule has 3 heteroatoms. The van der Waals surface area contributed by atoms with Gasteiger partial charge in [0.05, 0.1) is 11.9 Å². The maximum Gasteiger partial charge on any atom is 0.0693 e. The maximum atomic E-state index is 5.81. The van der Waals surface area contributed by atoms with Crippen molar-refractivity contribution in [2.75, 3.05) is 0 Å². The summed E-state index contributed by atoms with van der Waals surface area (Å²) in [5, 5.41) is 4.47. The number of nitrogens with zero attached hydrogens (tertiary/aromatic N) is 2. The van der Waals surface area contributed by atoms with Gasteiger partial charge >= 0.3 is 0 Å². The first-order valence-corrected chi connectivity index (χ1v) is 6.68. The molecule has 100 valence electrons. The van der Waals surface area contributed by atoms with Crippen LogP contribution in [-0.4, -0.2) is 9.78 Å². The van der Waals surface area contributed by atoms with Crippen LogP contribution in [0.3, 0.4) is 0 Å². The van der Waals surface area contributed by atoms with Gasteiger partial charge in [0.25, 0.3) is 0 Å².